The molecule has 4 heterocycles. The summed E-state index contributed by atoms with van der Waals surface area (Å²) in [5.41, 5.74) is 3.62. The first-order valence-corrected chi connectivity index (χ1v) is 15.0. The van der Waals surface area contributed by atoms with Crippen LogP contribution in [0.3, 0.4) is 0 Å². The van der Waals surface area contributed by atoms with E-state index in [0.717, 1.165) is 69.0 Å². The van der Waals surface area contributed by atoms with Crippen LogP contribution in [0.5, 0.6) is 17.2 Å². The van der Waals surface area contributed by atoms with Crippen LogP contribution in [-0.2, 0) is 5.41 Å². The SMILES string of the molecule is COc1cc(C(=O)N2CCC(CCN3CCCN(c4nc5ccccc5[nH]4)CC3)(c3cccnc3)C2)cc(OC)c1OC. The Labute approximate surface area is 252 Å². The van der Waals surface area contributed by atoms with Crippen LogP contribution in [0.15, 0.2) is 60.9 Å². The van der Waals surface area contributed by atoms with Crippen LogP contribution in [0.4, 0.5) is 5.95 Å². The molecule has 1 amide bonds. The number of amides is 1. The molecule has 0 bridgehead atoms. The largest absolute Gasteiger partial charge is 0.493 e. The van der Waals surface area contributed by atoms with Gasteiger partial charge >= 0.3 is 0 Å². The average Bonchev–Trinajstić information content (AvgIpc) is 3.62. The van der Waals surface area contributed by atoms with Gasteiger partial charge in [-0.3, -0.25) is 9.78 Å². The number of methoxy groups -OCH3 is 3. The molecule has 10 heteroatoms. The second kappa shape index (κ2) is 12.5. The number of likely N-dealkylation sites (tertiary alicyclic amines) is 1. The summed E-state index contributed by atoms with van der Waals surface area (Å²) in [7, 11) is 4.69. The number of imidazole rings is 1. The lowest BCUT2D eigenvalue weighted by atomic mass is 9.77. The summed E-state index contributed by atoms with van der Waals surface area (Å²) in [5.74, 6) is 2.33. The topological polar surface area (TPSA) is 96.1 Å². The number of hydrogen-bond donors (Lipinski definition) is 1. The highest BCUT2D eigenvalue weighted by atomic mass is 16.5. The molecule has 2 aromatic heterocycles. The van der Waals surface area contributed by atoms with E-state index in [4.69, 9.17) is 19.2 Å². The van der Waals surface area contributed by atoms with Crippen LogP contribution in [0, 0.1) is 0 Å². The van der Waals surface area contributed by atoms with Crippen LogP contribution in [0.25, 0.3) is 11.0 Å². The van der Waals surface area contributed by atoms with Crippen LogP contribution in [0.1, 0.15) is 35.2 Å². The fourth-order valence-corrected chi connectivity index (χ4v) is 6.56. The van der Waals surface area contributed by atoms with Crippen LogP contribution < -0.4 is 19.1 Å². The standard InChI is InChI=1S/C33H40N6O4/c1-41-28-20-24(21-29(42-2)30(28)43-3)31(40)39-17-12-33(23-39,25-8-6-13-34-22-25)11-16-37-14-7-15-38(19-18-37)32-35-26-9-4-5-10-27(26)36-32/h4-6,8-10,13,20-22H,7,11-12,14-19,23H2,1-3H3,(H,35,36). The molecule has 0 spiro atoms. The number of nitrogens with zero attached hydrogens (tertiary/aromatic N) is 5. The summed E-state index contributed by atoms with van der Waals surface area (Å²) in [6.45, 7) is 6.15. The van der Waals surface area contributed by atoms with Gasteiger partial charge in [-0.25, -0.2) is 4.98 Å². The number of fused-ring (bicyclic) bond motifs is 1. The van der Waals surface area contributed by atoms with Gasteiger partial charge in [0.1, 0.15) is 0 Å². The maximum absolute atomic E-state index is 13.8. The fourth-order valence-electron chi connectivity index (χ4n) is 6.56. The summed E-state index contributed by atoms with van der Waals surface area (Å²) in [4.78, 5) is 33.5. The lowest BCUT2D eigenvalue weighted by molar-refractivity contribution is 0.0780. The summed E-state index contributed by atoms with van der Waals surface area (Å²) >= 11 is 0. The second-order valence-electron chi connectivity index (χ2n) is 11.4. The highest BCUT2D eigenvalue weighted by Gasteiger charge is 2.42. The van der Waals surface area contributed by atoms with Crippen LogP contribution in [0.2, 0.25) is 0 Å². The van der Waals surface area contributed by atoms with E-state index in [2.05, 4.69) is 38.0 Å². The van der Waals surface area contributed by atoms with E-state index in [1.807, 2.05) is 35.5 Å². The Morgan fingerprint density at radius 3 is 2.49 bits per heavy atom. The number of carbonyl (C=O) groups excluding carboxylic acids is 1. The number of ether oxygens (including phenoxy) is 3. The van der Waals surface area contributed by atoms with E-state index >= 15 is 0 Å². The molecule has 1 unspecified atom stereocenters. The molecular weight excluding hydrogens is 544 g/mol. The second-order valence-corrected chi connectivity index (χ2v) is 11.4. The van der Waals surface area contributed by atoms with Crippen molar-refractivity contribution in [2.24, 2.45) is 0 Å². The number of aromatic amines is 1. The molecular formula is C33H40N6O4. The number of pyridine rings is 1. The van der Waals surface area contributed by atoms with Gasteiger partial charge in [0.05, 0.1) is 32.4 Å². The summed E-state index contributed by atoms with van der Waals surface area (Å²) in [5, 5.41) is 0. The maximum Gasteiger partial charge on any atom is 0.254 e. The van der Waals surface area contributed by atoms with Gasteiger partial charge in [-0.2, -0.15) is 0 Å². The minimum absolute atomic E-state index is 0.0405. The minimum Gasteiger partial charge on any atom is -0.493 e. The summed E-state index contributed by atoms with van der Waals surface area (Å²) < 4.78 is 16.5. The molecule has 1 atom stereocenters. The Bertz CT molecular complexity index is 1500. The normalized spacial score (nSPS) is 19.4. The van der Waals surface area contributed by atoms with E-state index in [9.17, 15) is 4.79 Å². The van der Waals surface area contributed by atoms with Crippen molar-refractivity contribution < 1.29 is 19.0 Å². The number of H-pyrrole nitrogens is 1. The first kappa shape index (κ1) is 28.8. The van der Waals surface area contributed by atoms with Crippen molar-refractivity contribution in [3.05, 3.63) is 72.1 Å². The van der Waals surface area contributed by atoms with Gasteiger partial charge in [-0.1, -0.05) is 18.2 Å². The zero-order valence-electron chi connectivity index (χ0n) is 25.2. The smallest absolute Gasteiger partial charge is 0.254 e. The maximum atomic E-state index is 13.8. The van der Waals surface area contributed by atoms with Crippen molar-refractivity contribution in [1.29, 1.82) is 0 Å². The number of para-hydroxylation sites is 2. The Hall–Kier alpha value is -4.31. The predicted molar refractivity (Wildman–Crippen MR) is 167 cm³/mol. The van der Waals surface area contributed by atoms with Crippen molar-refractivity contribution in [1.82, 2.24) is 24.8 Å². The third kappa shape index (κ3) is 5.84. The number of nitrogens with one attached hydrogen (secondary N) is 1. The number of benzene rings is 2. The van der Waals surface area contributed by atoms with Gasteiger partial charge < -0.3 is 33.9 Å². The average molecular weight is 585 g/mol. The third-order valence-electron chi connectivity index (χ3n) is 9.00. The van der Waals surface area contributed by atoms with Gasteiger partial charge in [0.25, 0.3) is 5.91 Å². The highest BCUT2D eigenvalue weighted by Crippen LogP contribution is 2.41. The van der Waals surface area contributed by atoms with Gasteiger partial charge in [0, 0.05) is 56.1 Å². The summed E-state index contributed by atoms with van der Waals surface area (Å²) in [6, 6.07) is 15.8. The van der Waals surface area contributed by atoms with Crippen molar-refractivity contribution in [2.45, 2.75) is 24.7 Å². The lowest BCUT2D eigenvalue weighted by Gasteiger charge is -2.32. The molecule has 0 saturated carbocycles. The molecule has 2 aliphatic heterocycles. The number of hydrogen-bond acceptors (Lipinski definition) is 8. The van der Waals surface area contributed by atoms with E-state index in [1.165, 1.54) is 5.56 Å². The van der Waals surface area contributed by atoms with Crippen molar-refractivity contribution in [2.75, 3.05) is 72.0 Å². The molecule has 2 fully saturated rings. The van der Waals surface area contributed by atoms with E-state index in [0.29, 0.717) is 35.9 Å². The monoisotopic (exact) mass is 584 g/mol. The highest BCUT2D eigenvalue weighted by molar-refractivity contribution is 5.96. The molecule has 0 aliphatic carbocycles. The molecule has 1 N–H and O–H groups in total. The number of aromatic nitrogens is 3. The number of carbonyl (C=O) groups is 1. The van der Waals surface area contributed by atoms with Crippen LogP contribution in [-0.4, -0.2) is 97.8 Å². The first-order chi connectivity index (χ1) is 21.0. The van der Waals surface area contributed by atoms with Gasteiger partial charge in [0.15, 0.2) is 11.5 Å². The van der Waals surface area contributed by atoms with E-state index in [-0.39, 0.29) is 11.3 Å². The first-order valence-electron chi connectivity index (χ1n) is 15.0. The predicted octanol–water partition coefficient (Wildman–Crippen LogP) is 4.37. The molecule has 226 valence electrons. The Morgan fingerprint density at radius 1 is 0.953 bits per heavy atom. The van der Waals surface area contributed by atoms with Gasteiger partial charge in [-0.05, 0) is 68.2 Å². The molecule has 6 rings (SSSR count). The van der Waals surface area contributed by atoms with Gasteiger partial charge in [-0.15, -0.1) is 0 Å². The fraction of sp³-hybridized carbons (Fsp3) is 0.424. The summed E-state index contributed by atoms with van der Waals surface area (Å²) in [6.07, 6.45) is 6.68. The Balaban J connectivity index is 1.16. The van der Waals surface area contributed by atoms with Crippen LogP contribution >= 0.6 is 0 Å². The lowest BCUT2D eigenvalue weighted by Crippen LogP contribution is -2.39. The van der Waals surface area contributed by atoms with Gasteiger partial charge in [0.2, 0.25) is 11.7 Å². The number of rotatable bonds is 9. The van der Waals surface area contributed by atoms with Crippen molar-refractivity contribution in [3.63, 3.8) is 0 Å². The van der Waals surface area contributed by atoms with E-state index < -0.39 is 0 Å². The zero-order chi connectivity index (χ0) is 29.8. The molecule has 0 radical (unpaired) electrons. The molecule has 43 heavy (non-hydrogen) atoms. The molecule has 2 aliphatic rings. The molecule has 4 aromatic rings. The Kier molecular flexibility index (Phi) is 8.38. The Morgan fingerprint density at radius 2 is 1.77 bits per heavy atom. The van der Waals surface area contributed by atoms with Crippen molar-refractivity contribution in [3.8, 4) is 17.2 Å². The minimum atomic E-state index is -0.171. The molecule has 10 nitrogen and oxygen atoms in total. The van der Waals surface area contributed by atoms with Crippen molar-refractivity contribution >= 4 is 22.9 Å². The third-order valence-corrected chi connectivity index (χ3v) is 9.00. The quantitative estimate of drug-likeness (QED) is 0.310. The molecule has 2 aromatic carbocycles. The van der Waals surface area contributed by atoms with E-state index in [1.54, 1.807) is 33.5 Å². The molecule has 2 saturated heterocycles. The zero-order valence-corrected chi connectivity index (χ0v) is 25.2. The number of anilines is 1.